The molecule has 0 saturated carbocycles. The Morgan fingerprint density at radius 2 is 2.43 bits per heavy atom. The molecule has 0 atom stereocenters. The third-order valence-corrected chi connectivity index (χ3v) is 2.55. The molecule has 0 fully saturated rings. The fourth-order valence-corrected chi connectivity index (χ4v) is 1.69. The van der Waals surface area contributed by atoms with E-state index in [0.717, 1.165) is 32.5 Å². The van der Waals surface area contributed by atoms with Crippen LogP contribution < -0.4 is 11.0 Å². The van der Waals surface area contributed by atoms with E-state index in [2.05, 4.69) is 16.4 Å². The van der Waals surface area contributed by atoms with Crippen molar-refractivity contribution in [2.45, 2.75) is 19.4 Å². The number of aromatic amines is 1. The predicted octanol–water partition coefficient (Wildman–Crippen LogP) is 0.486. The van der Waals surface area contributed by atoms with Gasteiger partial charge >= 0.3 is 5.69 Å². The Bertz CT molecular complexity index is 375. The molecule has 0 spiro atoms. The number of hydrogen-bond donors (Lipinski definition) is 2. The second-order valence-corrected chi connectivity index (χ2v) is 3.53. The van der Waals surface area contributed by atoms with Crippen LogP contribution in [0.4, 0.5) is 0 Å². The Morgan fingerprint density at radius 1 is 1.50 bits per heavy atom. The van der Waals surface area contributed by atoms with E-state index < -0.39 is 0 Å². The zero-order valence-electron chi connectivity index (χ0n) is 8.12. The van der Waals surface area contributed by atoms with Crippen molar-refractivity contribution in [3.05, 3.63) is 34.5 Å². The number of nitrogens with zero attached hydrogens (tertiary/aromatic N) is 1. The summed E-state index contributed by atoms with van der Waals surface area (Å²) in [6.45, 7) is 2.82. The molecule has 4 nitrogen and oxygen atoms in total. The van der Waals surface area contributed by atoms with Crippen molar-refractivity contribution >= 4 is 0 Å². The summed E-state index contributed by atoms with van der Waals surface area (Å²) in [7, 11) is 0. The molecule has 1 aromatic rings. The van der Waals surface area contributed by atoms with Gasteiger partial charge in [0.2, 0.25) is 0 Å². The van der Waals surface area contributed by atoms with E-state index in [1.807, 2.05) is 0 Å². The SMILES string of the molecule is O=c1[nH]ccn1CCC1=CCNCC1. The quantitative estimate of drug-likeness (QED) is 0.686. The first-order valence-electron chi connectivity index (χ1n) is 4.99. The Kier molecular flexibility index (Phi) is 2.84. The van der Waals surface area contributed by atoms with Crippen LogP contribution in [0, 0.1) is 0 Å². The number of aromatic nitrogens is 2. The smallest absolute Gasteiger partial charge is 0.313 e. The van der Waals surface area contributed by atoms with E-state index in [0.29, 0.717) is 0 Å². The lowest BCUT2D eigenvalue weighted by atomic mass is 10.1. The molecule has 4 heteroatoms. The molecule has 0 bridgehead atoms. The van der Waals surface area contributed by atoms with Gasteiger partial charge in [-0.05, 0) is 19.4 Å². The zero-order chi connectivity index (χ0) is 9.80. The van der Waals surface area contributed by atoms with Crippen LogP contribution in [0.2, 0.25) is 0 Å². The van der Waals surface area contributed by atoms with Crippen LogP contribution >= 0.6 is 0 Å². The minimum absolute atomic E-state index is 0.0143. The predicted molar refractivity (Wildman–Crippen MR) is 55.2 cm³/mol. The second kappa shape index (κ2) is 4.28. The number of rotatable bonds is 3. The molecule has 0 aliphatic carbocycles. The van der Waals surface area contributed by atoms with Gasteiger partial charge in [-0.25, -0.2) is 4.79 Å². The summed E-state index contributed by atoms with van der Waals surface area (Å²) in [6.07, 6.45) is 7.79. The number of imidazole rings is 1. The Hall–Kier alpha value is -1.29. The first kappa shape index (κ1) is 9.27. The lowest BCUT2D eigenvalue weighted by molar-refractivity contribution is 0.619. The Labute approximate surface area is 82.6 Å². The average Bonchev–Trinajstić information content (AvgIpc) is 2.63. The summed E-state index contributed by atoms with van der Waals surface area (Å²) in [5.74, 6) is 0. The maximum Gasteiger partial charge on any atom is 0.325 e. The van der Waals surface area contributed by atoms with Gasteiger partial charge in [0.15, 0.2) is 0 Å². The van der Waals surface area contributed by atoms with E-state index in [9.17, 15) is 4.79 Å². The highest BCUT2D eigenvalue weighted by molar-refractivity contribution is 5.06. The normalized spacial score (nSPS) is 16.7. The molecule has 1 aliphatic rings. The number of hydrogen-bond acceptors (Lipinski definition) is 2. The third kappa shape index (κ3) is 2.14. The van der Waals surface area contributed by atoms with E-state index >= 15 is 0 Å². The molecule has 2 rings (SSSR count). The molecular weight excluding hydrogens is 178 g/mol. The van der Waals surface area contributed by atoms with Gasteiger partial charge in [0.1, 0.15) is 0 Å². The second-order valence-electron chi connectivity index (χ2n) is 3.53. The molecule has 0 aromatic carbocycles. The van der Waals surface area contributed by atoms with Crippen LogP contribution in [0.5, 0.6) is 0 Å². The molecule has 0 radical (unpaired) electrons. The molecule has 76 valence electrons. The first-order chi connectivity index (χ1) is 6.86. The first-order valence-corrected chi connectivity index (χ1v) is 4.99. The summed E-state index contributed by atoms with van der Waals surface area (Å²) in [6, 6.07) is 0. The van der Waals surface area contributed by atoms with Crippen LogP contribution in [0.25, 0.3) is 0 Å². The molecule has 1 aromatic heterocycles. The number of nitrogens with one attached hydrogen (secondary N) is 2. The van der Waals surface area contributed by atoms with Crippen LogP contribution in [-0.2, 0) is 6.54 Å². The molecular formula is C10H15N3O. The van der Waals surface area contributed by atoms with Crippen LogP contribution in [0.15, 0.2) is 28.8 Å². The number of aryl methyl sites for hydroxylation is 1. The van der Waals surface area contributed by atoms with Gasteiger partial charge in [-0.2, -0.15) is 0 Å². The van der Waals surface area contributed by atoms with Crippen molar-refractivity contribution in [2.75, 3.05) is 13.1 Å². The fraction of sp³-hybridized carbons (Fsp3) is 0.500. The van der Waals surface area contributed by atoms with Crippen molar-refractivity contribution in [1.82, 2.24) is 14.9 Å². The third-order valence-electron chi connectivity index (χ3n) is 2.55. The fourth-order valence-electron chi connectivity index (χ4n) is 1.69. The van der Waals surface area contributed by atoms with Crippen molar-refractivity contribution in [1.29, 1.82) is 0 Å². The summed E-state index contributed by atoms with van der Waals surface area (Å²) in [5.41, 5.74) is 1.44. The molecule has 0 saturated heterocycles. The van der Waals surface area contributed by atoms with Gasteiger partial charge < -0.3 is 10.3 Å². The van der Waals surface area contributed by atoms with E-state index in [4.69, 9.17) is 0 Å². The highest BCUT2D eigenvalue weighted by Crippen LogP contribution is 2.09. The largest absolute Gasteiger partial charge is 0.325 e. The van der Waals surface area contributed by atoms with Crippen LogP contribution in [0.3, 0.4) is 0 Å². The summed E-state index contributed by atoms with van der Waals surface area (Å²) in [4.78, 5) is 13.8. The minimum Gasteiger partial charge on any atom is -0.313 e. The summed E-state index contributed by atoms with van der Waals surface area (Å²) in [5, 5.41) is 3.27. The van der Waals surface area contributed by atoms with Gasteiger partial charge in [0.05, 0.1) is 0 Å². The average molecular weight is 193 g/mol. The van der Waals surface area contributed by atoms with Crippen molar-refractivity contribution < 1.29 is 0 Å². The maximum absolute atomic E-state index is 11.2. The Morgan fingerprint density at radius 3 is 3.07 bits per heavy atom. The number of H-pyrrole nitrogens is 1. The highest BCUT2D eigenvalue weighted by Gasteiger charge is 2.03. The summed E-state index contributed by atoms with van der Waals surface area (Å²) >= 11 is 0. The maximum atomic E-state index is 11.2. The van der Waals surface area contributed by atoms with Gasteiger partial charge in [-0.3, -0.25) is 4.57 Å². The molecule has 14 heavy (non-hydrogen) atoms. The summed E-state index contributed by atoms with van der Waals surface area (Å²) < 4.78 is 1.71. The molecule has 1 aliphatic heterocycles. The highest BCUT2D eigenvalue weighted by atomic mass is 16.1. The lowest BCUT2D eigenvalue weighted by Gasteiger charge is -2.13. The lowest BCUT2D eigenvalue weighted by Crippen LogP contribution is -2.22. The monoisotopic (exact) mass is 193 g/mol. The zero-order valence-corrected chi connectivity index (χ0v) is 8.12. The van der Waals surface area contributed by atoms with Gasteiger partial charge in [0.25, 0.3) is 0 Å². The molecule has 2 N–H and O–H groups in total. The van der Waals surface area contributed by atoms with E-state index in [1.165, 1.54) is 5.57 Å². The van der Waals surface area contributed by atoms with Gasteiger partial charge in [0, 0.05) is 25.5 Å². The minimum atomic E-state index is -0.0143. The topological polar surface area (TPSA) is 49.8 Å². The molecule has 0 amide bonds. The van der Waals surface area contributed by atoms with E-state index in [-0.39, 0.29) is 5.69 Å². The standard InChI is InChI=1S/C10H15N3O/c14-10-12-6-8-13(10)7-3-9-1-4-11-5-2-9/h1,6,8,11H,2-5,7H2,(H,12,14). The van der Waals surface area contributed by atoms with Crippen molar-refractivity contribution in [3.63, 3.8) is 0 Å². The van der Waals surface area contributed by atoms with Gasteiger partial charge in [-0.1, -0.05) is 11.6 Å². The van der Waals surface area contributed by atoms with Gasteiger partial charge in [-0.15, -0.1) is 0 Å². The van der Waals surface area contributed by atoms with Crippen molar-refractivity contribution in [2.24, 2.45) is 0 Å². The molecule has 2 heterocycles. The Balaban J connectivity index is 1.91. The van der Waals surface area contributed by atoms with E-state index in [1.54, 1.807) is 17.0 Å². The molecule has 0 unspecified atom stereocenters. The van der Waals surface area contributed by atoms with Crippen LogP contribution in [-0.4, -0.2) is 22.6 Å². The van der Waals surface area contributed by atoms with Crippen LogP contribution in [0.1, 0.15) is 12.8 Å². The van der Waals surface area contributed by atoms with Crippen molar-refractivity contribution in [3.8, 4) is 0 Å².